The van der Waals surface area contributed by atoms with E-state index < -0.39 is 0 Å². The van der Waals surface area contributed by atoms with Crippen molar-refractivity contribution in [2.24, 2.45) is 0 Å². The van der Waals surface area contributed by atoms with Gasteiger partial charge in [-0.25, -0.2) is 0 Å². The Bertz CT molecular complexity index is 845. The molecule has 0 radical (unpaired) electrons. The maximum absolute atomic E-state index is 12.6. The molecule has 2 aromatic rings. The van der Waals surface area contributed by atoms with E-state index >= 15 is 0 Å². The van der Waals surface area contributed by atoms with Crippen molar-refractivity contribution in [1.82, 2.24) is 4.90 Å². The fourth-order valence-electron chi connectivity index (χ4n) is 3.69. The summed E-state index contributed by atoms with van der Waals surface area (Å²) in [6, 6.07) is 13.0. The molecule has 0 unspecified atom stereocenters. The normalized spacial score (nSPS) is 18.8. The largest absolute Gasteiger partial charge is 0.354 e. The fraction of sp³-hybridized carbons (Fsp3) is 0.300. The minimum absolute atomic E-state index is 0.0705. The molecule has 5 nitrogen and oxygen atoms in total. The number of anilines is 2. The number of carbonyl (C=O) groups excluding carboxylic acids is 2. The van der Waals surface area contributed by atoms with Gasteiger partial charge in [0.15, 0.2) is 0 Å². The van der Waals surface area contributed by atoms with Crippen LogP contribution < -0.4 is 10.2 Å². The second-order valence-corrected chi connectivity index (χ2v) is 6.78. The molecular formula is C20H21N3O2. The van der Waals surface area contributed by atoms with Gasteiger partial charge < -0.3 is 15.1 Å². The van der Waals surface area contributed by atoms with Gasteiger partial charge in [-0.1, -0.05) is 17.7 Å². The maximum Gasteiger partial charge on any atom is 0.257 e. The highest BCUT2D eigenvalue weighted by molar-refractivity contribution is 6.08. The van der Waals surface area contributed by atoms with Crippen LogP contribution in [0.25, 0.3) is 0 Å². The molecule has 25 heavy (non-hydrogen) atoms. The molecular weight excluding hydrogens is 314 g/mol. The third kappa shape index (κ3) is 2.65. The molecule has 2 heterocycles. The molecule has 1 N–H and O–H groups in total. The molecule has 128 valence electrons. The minimum atomic E-state index is -0.165. The highest BCUT2D eigenvalue weighted by Crippen LogP contribution is 2.35. The highest BCUT2D eigenvalue weighted by Gasteiger charge is 2.38. The number of aryl methyl sites for hydroxylation is 1. The SMILES string of the molecule is Cc1ccc(NC(=O)c2ccc3c(c2)N(C)[C@H]2CCCN2C3=O)cc1. The third-order valence-corrected chi connectivity index (χ3v) is 5.11. The summed E-state index contributed by atoms with van der Waals surface area (Å²) in [5.41, 5.74) is 3.98. The van der Waals surface area contributed by atoms with E-state index in [0.717, 1.165) is 36.3 Å². The van der Waals surface area contributed by atoms with Gasteiger partial charge in [-0.2, -0.15) is 0 Å². The van der Waals surface area contributed by atoms with E-state index in [2.05, 4.69) is 10.2 Å². The summed E-state index contributed by atoms with van der Waals surface area (Å²) in [7, 11) is 2.00. The first-order chi connectivity index (χ1) is 12.0. The summed E-state index contributed by atoms with van der Waals surface area (Å²) in [5, 5.41) is 2.91. The van der Waals surface area contributed by atoms with E-state index in [-0.39, 0.29) is 18.0 Å². The van der Waals surface area contributed by atoms with Gasteiger partial charge in [0.1, 0.15) is 6.17 Å². The second-order valence-electron chi connectivity index (χ2n) is 6.78. The summed E-state index contributed by atoms with van der Waals surface area (Å²) in [4.78, 5) is 29.3. The van der Waals surface area contributed by atoms with Gasteiger partial charge in [0.05, 0.1) is 11.3 Å². The monoisotopic (exact) mass is 335 g/mol. The van der Waals surface area contributed by atoms with E-state index in [0.29, 0.717) is 11.1 Å². The Morgan fingerprint density at radius 3 is 2.68 bits per heavy atom. The average molecular weight is 335 g/mol. The molecule has 2 aliphatic rings. The quantitative estimate of drug-likeness (QED) is 0.916. The van der Waals surface area contributed by atoms with Crippen molar-refractivity contribution in [3.8, 4) is 0 Å². The van der Waals surface area contributed by atoms with Crippen LogP contribution in [-0.4, -0.2) is 36.5 Å². The summed E-state index contributed by atoms with van der Waals surface area (Å²) >= 11 is 0. The van der Waals surface area contributed by atoms with Crippen LogP contribution in [0.5, 0.6) is 0 Å². The zero-order chi connectivity index (χ0) is 17.6. The lowest BCUT2D eigenvalue weighted by Gasteiger charge is -2.40. The van der Waals surface area contributed by atoms with Crippen LogP contribution in [0.3, 0.4) is 0 Å². The van der Waals surface area contributed by atoms with E-state index in [1.807, 2.05) is 49.2 Å². The van der Waals surface area contributed by atoms with Crippen LogP contribution in [0.1, 0.15) is 39.1 Å². The zero-order valence-electron chi connectivity index (χ0n) is 14.5. The van der Waals surface area contributed by atoms with Gasteiger partial charge in [-0.3, -0.25) is 9.59 Å². The number of nitrogens with one attached hydrogen (secondary N) is 1. The number of rotatable bonds is 2. The van der Waals surface area contributed by atoms with E-state index in [1.54, 1.807) is 12.1 Å². The Labute approximate surface area is 147 Å². The minimum Gasteiger partial charge on any atom is -0.354 e. The van der Waals surface area contributed by atoms with Crippen molar-refractivity contribution in [3.05, 3.63) is 59.2 Å². The Morgan fingerprint density at radius 2 is 1.92 bits per heavy atom. The van der Waals surface area contributed by atoms with Crippen LogP contribution in [0.15, 0.2) is 42.5 Å². The number of benzene rings is 2. The molecule has 2 aromatic carbocycles. The lowest BCUT2D eigenvalue weighted by atomic mass is 10.0. The predicted molar refractivity (Wildman–Crippen MR) is 98.0 cm³/mol. The fourth-order valence-corrected chi connectivity index (χ4v) is 3.69. The summed E-state index contributed by atoms with van der Waals surface area (Å²) < 4.78 is 0. The molecule has 5 heteroatoms. The Morgan fingerprint density at radius 1 is 1.16 bits per heavy atom. The molecule has 1 atom stereocenters. The number of hydrogen-bond donors (Lipinski definition) is 1. The van der Waals surface area contributed by atoms with Crippen molar-refractivity contribution >= 4 is 23.2 Å². The standard InChI is InChI=1S/C20H21N3O2/c1-13-5-8-15(9-6-13)21-19(24)14-7-10-16-17(12-14)22(2)18-4-3-11-23(18)20(16)25/h5-10,12,18H,3-4,11H2,1-2H3,(H,21,24)/t18-/m1/s1. The molecule has 2 amide bonds. The zero-order valence-corrected chi connectivity index (χ0v) is 14.5. The van der Waals surface area contributed by atoms with E-state index in [9.17, 15) is 9.59 Å². The van der Waals surface area contributed by atoms with Crippen LogP contribution in [0.4, 0.5) is 11.4 Å². The summed E-state index contributed by atoms with van der Waals surface area (Å²) in [6.07, 6.45) is 2.10. The molecule has 0 saturated carbocycles. The molecule has 2 aliphatic heterocycles. The van der Waals surface area contributed by atoms with Gasteiger partial charge in [-0.05, 0) is 50.1 Å². The van der Waals surface area contributed by atoms with Crippen molar-refractivity contribution in [2.75, 3.05) is 23.8 Å². The Hall–Kier alpha value is -2.82. The van der Waals surface area contributed by atoms with Gasteiger partial charge in [0.2, 0.25) is 0 Å². The first-order valence-corrected chi connectivity index (χ1v) is 8.60. The average Bonchev–Trinajstić information content (AvgIpc) is 3.11. The van der Waals surface area contributed by atoms with E-state index in [4.69, 9.17) is 0 Å². The molecule has 1 saturated heterocycles. The number of amides is 2. The number of fused-ring (bicyclic) bond motifs is 2. The van der Waals surface area contributed by atoms with Crippen LogP contribution >= 0.6 is 0 Å². The molecule has 0 bridgehead atoms. The van der Waals surface area contributed by atoms with Crippen molar-refractivity contribution < 1.29 is 9.59 Å². The number of hydrogen-bond acceptors (Lipinski definition) is 3. The van der Waals surface area contributed by atoms with Gasteiger partial charge in [0, 0.05) is 24.8 Å². The lowest BCUT2D eigenvalue weighted by molar-refractivity contribution is 0.0719. The third-order valence-electron chi connectivity index (χ3n) is 5.11. The van der Waals surface area contributed by atoms with Crippen LogP contribution in [0, 0.1) is 6.92 Å². The highest BCUT2D eigenvalue weighted by atomic mass is 16.2. The smallest absolute Gasteiger partial charge is 0.257 e. The van der Waals surface area contributed by atoms with E-state index in [1.165, 1.54) is 0 Å². The van der Waals surface area contributed by atoms with Crippen LogP contribution in [-0.2, 0) is 0 Å². The first kappa shape index (κ1) is 15.7. The molecule has 4 rings (SSSR count). The van der Waals surface area contributed by atoms with Gasteiger partial charge in [-0.15, -0.1) is 0 Å². The van der Waals surface area contributed by atoms with Gasteiger partial charge >= 0.3 is 0 Å². The Balaban J connectivity index is 1.62. The van der Waals surface area contributed by atoms with Crippen molar-refractivity contribution in [1.29, 1.82) is 0 Å². The molecule has 0 spiro atoms. The molecule has 0 aromatic heterocycles. The number of carbonyl (C=O) groups is 2. The Kier molecular flexibility index (Phi) is 3.71. The first-order valence-electron chi connectivity index (χ1n) is 8.60. The molecule has 0 aliphatic carbocycles. The van der Waals surface area contributed by atoms with Crippen LogP contribution in [0.2, 0.25) is 0 Å². The summed E-state index contributed by atoms with van der Waals surface area (Å²) in [5.74, 6) is -0.0950. The molecule has 1 fully saturated rings. The topological polar surface area (TPSA) is 52.7 Å². The van der Waals surface area contributed by atoms with Crippen molar-refractivity contribution in [2.45, 2.75) is 25.9 Å². The number of nitrogens with zero attached hydrogens (tertiary/aromatic N) is 2. The predicted octanol–water partition coefficient (Wildman–Crippen LogP) is 3.26. The lowest BCUT2D eigenvalue weighted by Crippen LogP contribution is -2.50. The van der Waals surface area contributed by atoms with Gasteiger partial charge in [0.25, 0.3) is 11.8 Å². The maximum atomic E-state index is 12.6. The van der Waals surface area contributed by atoms with Crippen molar-refractivity contribution in [3.63, 3.8) is 0 Å². The summed E-state index contributed by atoms with van der Waals surface area (Å²) in [6.45, 7) is 2.82. The second kappa shape index (κ2) is 5.92.